The summed E-state index contributed by atoms with van der Waals surface area (Å²) in [6.45, 7) is 1.92. The van der Waals surface area contributed by atoms with Gasteiger partial charge in [-0.2, -0.15) is 0 Å². The van der Waals surface area contributed by atoms with Gasteiger partial charge in [0.1, 0.15) is 5.78 Å². The highest BCUT2D eigenvalue weighted by Gasteiger charge is 1.96. The van der Waals surface area contributed by atoms with Crippen LogP contribution < -0.4 is 0 Å². The van der Waals surface area contributed by atoms with Crippen LogP contribution in [0, 0.1) is 0 Å². The van der Waals surface area contributed by atoms with Crippen LogP contribution in [0.15, 0.2) is 0 Å². The smallest absolute Gasteiger partial charge is 0.132 e. The monoisotopic (exact) mass is 206 g/mol. The molecule has 1 nitrogen and oxygen atoms in total. The van der Waals surface area contributed by atoms with Crippen LogP contribution in [0.3, 0.4) is 0 Å². The highest BCUT2D eigenvalue weighted by atomic mass is 79.9. The average molecular weight is 207 g/mol. The number of Topliss-reactive ketones (excluding diaryl/α,β-unsaturated/α-hetero) is 1. The molecule has 0 aliphatic rings. The third-order valence-electron chi connectivity index (χ3n) is 1.48. The first-order valence-electron chi connectivity index (χ1n) is 3.89. The van der Waals surface area contributed by atoms with Crippen LogP contribution in [0.2, 0.25) is 0 Å². The molecule has 0 amide bonds. The van der Waals surface area contributed by atoms with E-state index < -0.39 is 0 Å². The second kappa shape index (κ2) is 7.26. The molecular weight excluding hydrogens is 192 g/mol. The van der Waals surface area contributed by atoms with Crippen LogP contribution in [0.4, 0.5) is 0 Å². The first-order valence-corrected chi connectivity index (χ1v) is 5.01. The number of unbranched alkanes of at least 4 members (excludes halogenated alkanes) is 2. The number of ketones is 1. The molecule has 0 atom stereocenters. The van der Waals surface area contributed by atoms with Gasteiger partial charge in [0.2, 0.25) is 0 Å². The van der Waals surface area contributed by atoms with Crippen LogP contribution >= 0.6 is 15.9 Å². The van der Waals surface area contributed by atoms with Gasteiger partial charge in [-0.05, 0) is 12.8 Å². The molecule has 0 spiro atoms. The van der Waals surface area contributed by atoms with E-state index in [0.29, 0.717) is 12.2 Å². The van der Waals surface area contributed by atoms with E-state index in [-0.39, 0.29) is 0 Å². The second-order valence-electron chi connectivity index (χ2n) is 2.39. The molecule has 0 unspecified atom stereocenters. The van der Waals surface area contributed by atoms with Crippen molar-refractivity contribution < 1.29 is 4.79 Å². The van der Waals surface area contributed by atoms with Gasteiger partial charge in [-0.25, -0.2) is 0 Å². The molecule has 0 aliphatic carbocycles. The van der Waals surface area contributed by atoms with Crippen LogP contribution in [0.5, 0.6) is 0 Å². The zero-order valence-corrected chi connectivity index (χ0v) is 8.11. The van der Waals surface area contributed by atoms with Crippen LogP contribution in [0.1, 0.15) is 39.0 Å². The Kier molecular flexibility index (Phi) is 7.37. The van der Waals surface area contributed by atoms with E-state index in [9.17, 15) is 4.79 Å². The van der Waals surface area contributed by atoms with Gasteiger partial charge in [0.05, 0.1) is 0 Å². The second-order valence-corrected chi connectivity index (χ2v) is 3.18. The Bertz CT molecular complexity index is 91.3. The molecule has 0 rings (SSSR count). The molecule has 0 aliphatic heterocycles. The largest absolute Gasteiger partial charge is 0.300 e. The van der Waals surface area contributed by atoms with Crippen LogP contribution in [0.25, 0.3) is 0 Å². The fourth-order valence-corrected chi connectivity index (χ4v) is 1.17. The Morgan fingerprint density at radius 3 is 2.50 bits per heavy atom. The van der Waals surface area contributed by atoms with Crippen molar-refractivity contribution in [3.8, 4) is 0 Å². The third-order valence-corrected chi connectivity index (χ3v) is 2.04. The van der Waals surface area contributed by atoms with Crippen molar-refractivity contribution in [2.24, 2.45) is 0 Å². The maximum atomic E-state index is 10.8. The maximum Gasteiger partial charge on any atom is 0.132 e. The molecule has 0 heterocycles. The van der Waals surface area contributed by atoms with E-state index in [1.165, 1.54) is 12.8 Å². The summed E-state index contributed by atoms with van der Waals surface area (Å²) in [6.07, 6.45) is 4.92. The molecule has 0 fully saturated rings. The Morgan fingerprint density at radius 2 is 2.00 bits per heavy atom. The Hall–Kier alpha value is 0.150. The first kappa shape index (κ1) is 10.2. The Morgan fingerprint density at radius 1 is 1.30 bits per heavy atom. The first-order chi connectivity index (χ1) is 4.81. The van der Waals surface area contributed by atoms with E-state index in [4.69, 9.17) is 0 Å². The summed E-state index contributed by atoms with van der Waals surface area (Å²) in [5.41, 5.74) is 0. The van der Waals surface area contributed by atoms with Crippen molar-refractivity contribution in [3.05, 3.63) is 0 Å². The summed E-state index contributed by atoms with van der Waals surface area (Å²) in [5, 5.41) is 1.06. The Balaban J connectivity index is 2.96. The van der Waals surface area contributed by atoms with E-state index >= 15 is 0 Å². The minimum atomic E-state index is 0.398. The highest BCUT2D eigenvalue weighted by molar-refractivity contribution is 9.09. The lowest BCUT2D eigenvalue weighted by Gasteiger charge is -1.95. The molecule has 60 valence electrons. The normalized spacial score (nSPS) is 9.80. The molecule has 0 radical (unpaired) electrons. The van der Waals surface area contributed by atoms with Gasteiger partial charge in [0.25, 0.3) is 0 Å². The average Bonchev–Trinajstić information content (AvgIpc) is 1.98. The van der Waals surface area contributed by atoms with E-state index in [2.05, 4.69) is 15.9 Å². The van der Waals surface area contributed by atoms with Gasteiger partial charge in [-0.15, -0.1) is 0 Å². The molecule has 0 aromatic heterocycles. The zero-order valence-electron chi connectivity index (χ0n) is 6.53. The number of hydrogen-bond donors (Lipinski definition) is 0. The summed E-state index contributed by atoms with van der Waals surface area (Å²) in [6, 6.07) is 0. The highest BCUT2D eigenvalue weighted by Crippen LogP contribution is 2.03. The van der Waals surface area contributed by atoms with Gasteiger partial charge in [0, 0.05) is 18.2 Å². The zero-order chi connectivity index (χ0) is 7.82. The van der Waals surface area contributed by atoms with Gasteiger partial charge in [0.15, 0.2) is 0 Å². The molecule has 0 bridgehead atoms. The lowest BCUT2D eigenvalue weighted by molar-refractivity contribution is -0.118. The van der Waals surface area contributed by atoms with E-state index in [1.807, 2.05) is 6.92 Å². The predicted octanol–water partition coefficient (Wildman–Crippen LogP) is 2.92. The Labute approximate surface area is 71.3 Å². The lowest BCUT2D eigenvalue weighted by atomic mass is 10.1. The lowest BCUT2D eigenvalue weighted by Crippen LogP contribution is -1.93. The number of carbonyl (C=O) groups excluding carboxylic acids is 1. The van der Waals surface area contributed by atoms with Crippen molar-refractivity contribution in [3.63, 3.8) is 0 Å². The fourth-order valence-electron chi connectivity index (χ4n) is 0.770. The number of hydrogen-bond acceptors (Lipinski definition) is 1. The van der Waals surface area contributed by atoms with Crippen molar-refractivity contribution in [2.75, 3.05) is 5.33 Å². The molecule has 10 heavy (non-hydrogen) atoms. The quantitative estimate of drug-likeness (QED) is 0.483. The number of rotatable bonds is 6. The molecule has 0 aromatic carbocycles. The summed E-state index contributed by atoms with van der Waals surface area (Å²) < 4.78 is 0. The molecule has 2 heteroatoms. The predicted molar refractivity (Wildman–Crippen MR) is 47.6 cm³/mol. The fraction of sp³-hybridized carbons (Fsp3) is 0.875. The number of carbonyl (C=O) groups is 1. The molecule has 0 N–H and O–H groups in total. The summed E-state index contributed by atoms with van der Waals surface area (Å²) in [7, 11) is 0. The maximum absolute atomic E-state index is 10.8. The summed E-state index contributed by atoms with van der Waals surface area (Å²) >= 11 is 3.35. The van der Waals surface area contributed by atoms with E-state index in [1.54, 1.807) is 0 Å². The summed E-state index contributed by atoms with van der Waals surface area (Å²) in [4.78, 5) is 10.8. The number of halogens is 1. The minimum Gasteiger partial charge on any atom is -0.300 e. The van der Waals surface area contributed by atoms with Gasteiger partial charge < -0.3 is 0 Å². The van der Waals surface area contributed by atoms with Gasteiger partial charge in [-0.3, -0.25) is 4.79 Å². The van der Waals surface area contributed by atoms with Crippen molar-refractivity contribution in [2.45, 2.75) is 39.0 Å². The summed E-state index contributed by atoms with van der Waals surface area (Å²) in [5.74, 6) is 0.398. The third kappa shape index (κ3) is 6.27. The standard InChI is InChI=1S/C8H15BrO/c1-2-8(10)6-4-3-5-7-9/h2-7H2,1H3. The molecule has 0 aromatic rings. The molecule has 0 saturated carbocycles. The number of alkyl halides is 1. The molecule has 0 saturated heterocycles. The van der Waals surface area contributed by atoms with Crippen molar-refractivity contribution >= 4 is 21.7 Å². The van der Waals surface area contributed by atoms with Crippen LogP contribution in [-0.2, 0) is 4.79 Å². The van der Waals surface area contributed by atoms with Gasteiger partial charge >= 0.3 is 0 Å². The van der Waals surface area contributed by atoms with Gasteiger partial charge in [-0.1, -0.05) is 29.3 Å². The van der Waals surface area contributed by atoms with E-state index in [0.717, 1.165) is 18.2 Å². The molecular formula is C8H15BrO. The van der Waals surface area contributed by atoms with Crippen molar-refractivity contribution in [1.29, 1.82) is 0 Å². The minimum absolute atomic E-state index is 0.398. The van der Waals surface area contributed by atoms with Crippen molar-refractivity contribution in [1.82, 2.24) is 0 Å². The SMILES string of the molecule is CCC(=O)CCCCCBr. The topological polar surface area (TPSA) is 17.1 Å². The van der Waals surface area contributed by atoms with Crippen LogP contribution in [-0.4, -0.2) is 11.1 Å².